The Morgan fingerprint density at radius 3 is 3.13 bits per heavy atom. The molecule has 0 radical (unpaired) electrons. The maximum atomic E-state index is 9.73. The van der Waals surface area contributed by atoms with Gasteiger partial charge in [0.2, 0.25) is 0 Å². The molecule has 0 aliphatic carbocycles. The molecule has 2 rings (SSSR count). The number of nitrogens with one attached hydrogen (secondary N) is 1. The van der Waals surface area contributed by atoms with Gasteiger partial charge in [0, 0.05) is 31.9 Å². The molecule has 1 saturated heterocycles. The number of aliphatic hydroxyl groups excluding tert-OH is 1. The van der Waals surface area contributed by atoms with Gasteiger partial charge in [-0.2, -0.15) is 0 Å². The van der Waals surface area contributed by atoms with Crippen molar-refractivity contribution < 1.29 is 5.11 Å². The Kier molecular flexibility index (Phi) is 3.20. The maximum absolute atomic E-state index is 9.73. The Balaban J connectivity index is 2.01. The number of piperazine rings is 1. The second kappa shape index (κ2) is 4.61. The van der Waals surface area contributed by atoms with E-state index in [0.29, 0.717) is 6.54 Å². The Morgan fingerprint density at radius 2 is 2.40 bits per heavy atom. The third-order valence-electron chi connectivity index (χ3n) is 2.66. The molecule has 1 aliphatic rings. The van der Waals surface area contributed by atoms with Crippen molar-refractivity contribution >= 4 is 5.69 Å². The van der Waals surface area contributed by atoms with Crippen LogP contribution in [0, 0.1) is 0 Å². The second-order valence-electron chi connectivity index (χ2n) is 3.90. The van der Waals surface area contributed by atoms with E-state index in [-0.39, 0.29) is 6.23 Å². The molecule has 4 nitrogen and oxygen atoms in total. The van der Waals surface area contributed by atoms with E-state index >= 15 is 0 Å². The fourth-order valence-corrected chi connectivity index (χ4v) is 1.84. The molecule has 1 atom stereocenters. The van der Waals surface area contributed by atoms with Gasteiger partial charge in [-0.3, -0.25) is 4.90 Å². The molecule has 1 fully saturated rings. The van der Waals surface area contributed by atoms with E-state index in [1.54, 1.807) is 0 Å². The first kappa shape index (κ1) is 10.4. The smallest absolute Gasteiger partial charge is 0.120 e. The number of β-amino-alcohol motifs (C(OH)–C–C–N with tert-alkyl or cyclic N) is 1. The van der Waals surface area contributed by atoms with Gasteiger partial charge in [0.05, 0.1) is 0 Å². The summed E-state index contributed by atoms with van der Waals surface area (Å²) in [5.41, 5.74) is 7.63. The van der Waals surface area contributed by atoms with Crippen LogP contribution in [0.2, 0.25) is 0 Å². The molecule has 0 saturated carbocycles. The number of nitrogen functional groups attached to an aromatic ring is 1. The molecule has 1 aromatic rings. The number of nitrogens with two attached hydrogens (primary N) is 1. The molecule has 1 unspecified atom stereocenters. The zero-order chi connectivity index (χ0) is 10.7. The largest absolute Gasteiger partial charge is 0.399 e. The summed E-state index contributed by atoms with van der Waals surface area (Å²) in [6.07, 6.45) is -0.389. The van der Waals surface area contributed by atoms with Crippen molar-refractivity contribution in [2.24, 2.45) is 0 Å². The van der Waals surface area contributed by atoms with Crippen molar-refractivity contribution in [3.05, 3.63) is 29.8 Å². The SMILES string of the molecule is Nc1cccc(CN2CCNCC2O)c1. The summed E-state index contributed by atoms with van der Waals surface area (Å²) >= 11 is 0. The monoisotopic (exact) mass is 207 g/mol. The van der Waals surface area contributed by atoms with Crippen LogP contribution in [-0.2, 0) is 6.54 Å². The first-order valence-corrected chi connectivity index (χ1v) is 5.23. The highest BCUT2D eigenvalue weighted by Gasteiger charge is 2.19. The summed E-state index contributed by atoms with van der Waals surface area (Å²) in [7, 11) is 0. The third kappa shape index (κ3) is 2.68. The van der Waals surface area contributed by atoms with Crippen LogP contribution in [-0.4, -0.2) is 35.9 Å². The van der Waals surface area contributed by atoms with Crippen molar-refractivity contribution in [1.29, 1.82) is 0 Å². The van der Waals surface area contributed by atoms with E-state index in [0.717, 1.165) is 30.9 Å². The van der Waals surface area contributed by atoms with Gasteiger partial charge in [0.15, 0.2) is 0 Å². The van der Waals surface area contributed by atoms with Crippen LogP contribution in [0.5, 0.6) is 0 Å². The predicted octanol–water partition coefficient (Wildman–Crippen LogP) is -0.00760. The lowest BCUT2D eigenvalue weighted by Gasteiger charge is -2.32. The zero-order valence-corrected chi connectivity index (χ0v) is 8.69. The van der Waals surface area contributed by atoms with E-state index in [2.05, 4.69) is 5.32 Å². The summed E-state index contributed by atoms with van der Waals surface area (Å²) in [6, 6.07) is 7.80. The Bertz CT molecular complexity index is 329. The third-order valence-corrected chi connectivity index (χ3v) is 2.66. The number of nitrogens with zero attached hydrogens (tertiary/aromatic N) is 1. The van der Waals surface area contributed by atoms with E-state index in [1.807, 2.05) is 29.2 Å². The molecular weight excluding hydrogens is 190 g/mol. The highest BCUT2D eigenvalue weighted by atomic mass is 16.3. The molecule has 0 aromatic heterocycles. The minimum atomic E-state index is -0.389. The van der Waals surface area contributed by atoms with Crippen molar-refractivity contribution in [3.63, 3.8) is 0 Å². The van der Waals surface area contributed by atoms with Crippen molar-refractivity contribution in [2.75, 3.05) is 25.4 Å². The van der Waals surface area contributed by atoms with Crippen LogP contribution >= 0.6 is 0 Å². The van der Waals surface area contributed by atoms with Crippen molar-refractivity contribution in [3.8, 4) is 0 Å². The van der Waals surface area contributed by atoms with Gasteiger partial charge < -0.3 is 16.2 Å². The summed E-state index contributed by atoms with van der Waals surface area (Å²) in [5.74, 6) is 0. The van der Waals surface area contributed by atoms with Crippen LogP contribution in [0.3, 0.4) is 0 Å². The van der Waals surface area contributed by atoms with Crippen LogP contribution in [0.1, 0.15) is 5.56 Å². The summed E-state index contributed by atoms with van der Waals surface area (Å²) in [5, 5.41) is 12.9. The Labute approximate surface area is 89.7 Å². The molecular formula is C11H17N3O. The summed E-state index contributed by atoms with van der Waals surface area (Å²) in [6.45, 7) is 3.20. The Morgan fingerprint density at radius 1 is 1.53 bits per heavy atom. The lowest BCUT2D eigenvalue weighted by atomic mass is 10.2. The number of rotatable bonds is 2. The number of benzene rings is 1. The molecule has 0 spiro atoms. The van der Waals surface area contributed by atoms with Crippen LogP contribution in [0.15, 0.2) is 24.3 Å². The first-order chi connectivity index (χ1) is 7.25. The number of hydrogen-bond acceptors (Lipinski definition) is 4. The topological polar surface area (TPSA) is 61.5 Å². The van der Waals surface area contributed by atoms with Crippen LogP contribution < -0.4 is 11.1 Å². The fraction of sp³-hybridized carbons (Fsp3) is 0.455. The normalized spacial score (nSPS) is 22.9. The predicted molar refractivity (Wildman–Crippen MR) is 60.1 cm³/mol. The van der Waals surface area contributed by atoms with Crippen molar-refractivity contribution in [2.45, 2.75) is 12.8 Å². The minimum absolute atomic E-state index is 0.389. The van der Waals surface area contributed by atoms with Gasteiger partial charge in [-0.1, -0.05) is 12.1 Å². The standard InChI is InChI=1S/C11H17N3O/c12-10-3-1-2-9(6-10)8-14-5-4-13-7-11(14)15/h1-3,6,11,13,15H,4-5,7-8,12H2. The number of hydrogen-bond donors (Lipinski definition) is 3. The average molecular weight is 207 g/mol. The van der Waals surface area contributed by atoms with Gasteiger partial charge >= 0.3 is 0 Å². The van der Waals surface area contributed by atoms with Gasteiger partial charge in [-0.05, 0) is 17.7 Å². The molecule has 4 heteroatoms. The quantitative estimate of drug-likeness (QED) is 0.597. The molecule has 1 aromatic carbocycles. The van der Waals surface area contributed by atoms with E-state index in [9.17, 15) is 5.11 Å². The lowest BCUT2D eigenvalue weighted by molar-refractivity contribution is -0.0180. The van der Waals surface area contributed by atoms with E-state index in [1.165, 1.54) is 0 Å². The van der Waals surface area contributed by atoms with Crippen LogP contribution in [0.25, 0.3) is 0 Å². The maximum Gasteiger partial charge on any atom is 0.120 e. The summed E-state index contributed by atoms with van der Waals surface area (Å²) < 4.78 is 0. The molecule has 4 N–H and O–H groups in total. The summed E-state index contributed by atoms with van der Waals surface area (Å²) in [4.78, 5) is 2.05. The fourth-order valence-electron chi connectivity index (χ4n) is 1.84. The molecule has 82 valence electrons. The molecule has 0 amide bonds. The highest BCUT2D eigenvalue weighted by Crippen LogP contribution is 2.11. The number of aliphatic hydroxyl groups is 1. The highest BCUT2D eigenvalue weighted by molar-refractivity contribution is 5.40. The molecule has 1 aliphatic heterocycles. The second-order valence-corrected chi connectivity index (χ2v) is 3.90. The van der Waals surface area contributed by atoms with Gasteiger partial charge in [0.25, 0.3) is 0 Å². The van der Waals surface area contributed by atoms with Gasteiger partial charge in [-0.15, -0.1) is 0 Å². The molecule has 15 heavy (non-hydrogen) atoms. The first-order valence-electron chi connectivity index (χ1n) is 5.23. The zero-order valence-electron chi connectivity index (χ0n) is 8.69. The molecule has 0 bridgehead atoms. The minimum Gasteiger partial charge on any atom is -0.399 e. The average Bonchev–Trinajstić information content (AvgIpc) is 2.22. The van der Waals surface area contributed by atoms with E-state index in [4.69, 9.17) is 5.73 Å². The van der Waals surface area contributed by atoms with Crippen LogP contribution in [0.4, 0.5) is 5.69 Å². The number of anilines is 1. The van der Waals surface area contributed by atoms with Gasteiger partial charge in [-0.25, -0.2) is 0 Å². The van der Waals surface area contributed by atoms with E-state index < -0.39 is 0 Å². The molecule has 1 heterocycles. The van der Waals surface area contributed by atoms with Gasteiger partial charge in [0.1, 0.15) is 6.23 Å². The van der Waals surface area contributed by atoms with Crippen molar-refractivity contribution in [1.82, 2.24) is 10.2 Å². The lowest BCUT2D eigenvalue weighted by Crippen LogP contribution is -2.50. The Hall–Kier alpha value is -1.10.